The number of hydrogen-bond acceptors (Lipinski definition) is 6. The van der Waals surface area contributed by atoms with E-state index < -0.39 is 0 Å². The molecule has 0 unspecified atom stereocenters. The molecule has 24 heavy (non-hydrogen) atoms. The Balaban J connectivity index is 1.81. The fourth-order valence-corrected chi connectivity index (χ4v) is 2.96. The third-order valence-electron chi connectivity index (χ3n) is 3.77. The van der Waals surface area contributed by atoms with Crippen LogP contribution in [-0.4, -0.2) is 21.8 Å². The molecule has 1 aliphatic carbocycles. The van der Waals surface area contributed by atoms with Crippen molar-refractivity contribution < 1.29 is 9.53 Å². The number of carbonyl (C=O) groups excluding carboxylic acids is 1. The lowest BCUT2D eigenvalue weighted by Gasteiger charge is -2.23. The molecule has 1 aromatic heterocycles. The molecule has 1 fully saturated rings. The van der Waals surface area contributed by atoms with E-state index in [9.17, 15) is 4.79 Å². The summed E-state index contributed by atoms with van der Waals surface area (Å²) in [6.45, 7) is 0. The minimum atomic E-state index is 0.138. The SMILES string of the molecule is Nc1ncc(Oc2ccc(Cl)cc2Cl)c(NC2CCC(=O)CC2)n1. The normalized spacial score (nSPS) is 15.3. The van der Waals surface area contributed by atoms with Gasteiger partial charge in [-0.15, -0.1) is 0 Å². The molecular weight excluding hydrogens is 351 g/mol. The van der Waals surface area contributed by atoms with Crippen molar-refractivity contribution in [2.75, 3.05) is 11.1 Å². The molecule has 6 nitrogen and oxygen atoms in total. The number of Topliss-reactive ketones (excluding diaryl/α,β-unsaturated/α-hetero) is 1. The summed E-state index contributed by atoms with van der Waals surface area (Å²) < 4.78 is 5.81. The van der Waals surface area contributed by atoms with Crippen molar-refractivity contribution in [3.05, 3.63) is 34.4 Å². The second kappa shape index (κ2) is 7.23. The Morgan fingerprint density at radius 1 is 1.21 bits per heavy atom. The van der Waals surface area contributed by atoms with Gasteiger partial charge in [0.15, 0.2) is 11.6 Å². The lowest BCUT2D eigenvalue weighted by molar-refractivity contribution is -0.120. The number of benzene rings is 1. The number of nitrogens with zero attached hydrogens (tertiary/aromatic N) is 2. The van der Waals surface area contributed by atoms with E-state index in [0.29, 0.717) is 46.0 Å². The number of nitrogens with one attached hydrogen (secondary N) is 1. The van der Waals surface area contributed by atoms with Gasteiger partial charge in [-0.1, -0.05) is 23.2 Å². The van der Waals surface area contributed by atoms with Gasteiger partial charge in [0.25, 0.3) is 0 Å². The highest BCUT2D eigenvalue weighted by Gasteiger charge is 2.21. The highest BCUT2D eigenvalue weighted by Crippen LogP contribution is 2.35. The second-order valence-corrected chi connectivity index (χ2v) is 6.42. The molecule has 0 spiro atoms. The third-order valence-corrected chi connectivity index (χ3v) is 4.30. The van der Waals surface area contributed by atoms with Crippen molar-refractivity contribution in [1.29, 1.82) is 0 Å². The van der Waals surface area contributed by atoms with E-state index in [1.807, 2.05) is 0 Å². The zero-order valence-electron chi connectivity index (χ0n) is 12.8. The second-order valence-electron chi connectivity index (χ2n) is 5.58. The molecule has 2 aromatic rings. The van der Waals surface area contributed by atoms with Crippen molar-refractivity contribution in [1.82, 2.24) is 9.97 Å². The van der Waals surface area contributed by atoms with Gasteiger partial charge in [-0.05, 0) is 31.0 Å². The van der Waals surface area contributed by atoms with E-state index in [1.54, 1.807) is 18.2 Å². The summed E-state index contributed by atoms with van der Waals surface area (Å²) in [5.74, 6) is 1.76. The Kier molecular flexibility index (Phi) is 5.06. The number of rotatable bonds is 4. The smallest absolute Gasteiger partial charge is 0.222 e. The van der Waals surface area contributed by atoms with Crippen LogP contribution < -0.4 is 15.8 Å². The van der Waals surface area contributed by atoms with E-state index in [-0.39, 0.29) is 12.0 Å². The first-order valence-electron chi connectivity index (χ1n) is 7.55. The van der Waals surface area contributed by atoms with Gasteiger partial charge in [-0.3, -0.25) is 4.79 Å². The third kappa shape index (κ3) is 4.07. The van der Waals surface area contributed by atoms with Crippen molar-refractivity contribution in [3.63, 3.8) is 0 Å². The number of nitrogens with two attached hydrogens (primary N) is 1. The fraction of sp³-hybridized carbons (Fsp3) is 0.312. The van der Waals surface area contributed by atoms with Gasteiger partial charge in [0, 0.05) is 23.9 Å². The van der Waals surface area contributed by atoms with Crippen LogP contribution in [0.15, 0.2) is 24.4 Å². The Morgan fingerprint density at radius 3 is 2.67 bits per heavy atom. The Morgan fingerprint density at radius 2 is 1.96 bits per heavy atom. The van der Waals surface area contributed by atoms with Gasteiger partial charge in [0.1, 0.15) is 11.5 Å². The van der Waals surface area contributed by atoms with Crippen molar-refractivity contribution in [3.8, 4) is 11.5 Å². The van der Waals surface area contributed by atoms with E-state index >= 15 is 0 Å². The molecule has 1 aromatic carbocycles. The molecule has 1 heterocycles. The lowest BCUT2D eigenvalue weighted by atomic mass is 9.94. The standard InChI is InChI=1S/C16H16Cl2N4O2/c17-9-1-6-13(12(18)7-9)24-14-8-20-16(19)22-15(14)21-10-2-4-11(23)5-3-10/h1,6-8,10H,2-5H2,(H3,19,20,21,22). The highest BCUT2D eigenvalue weighted by molar-refractivity contribution is 6.35. The van der Waals surface area contributed by atoms with E-state index in [4.69, 9.17) is 33.7 Å². The summed E-state index contributed by atoms with van der Waals surface area (Å²) >= 11 is 12.0. The van der Waals surface area contributed by atoms with Gasteiger partial charge in [-0.2, -0.15) is 4.98 Å². The molecule has 0 amide bonds. The van der Waals surface area contributed by atoms with Crippen molar-refractivity contribution >= 4 is 40.8 Å². The monoisotopic (exact) mass is 366 g/mol. The number of hydrogen-bond donors (Lipinski definition) is 2. The molecule has 126 valence electrons. The Hall–Kier alpha value is -2.05. The van der Waals surface area contributed by atoms with Gasteiger partial charge in [0.05, 0.1) is 11.2 Å². The number of nitrogen functional groups attached to an aromatic ring is 1. The molecule has 0 aliphatic heterocycles. The molecule has 1 saturated carbocycles. The van der Waals surface area contributed by atoms with Crippen LogP contribution in [0.5, 0.6) is 11.5 Å². The maximum Gasteiger partial charge on any atom is 0.222 e. The van der Waals surface area contributed by atoms with Gasteiger partial charge in [-0.25, -0.2) is 4.98 Å². The molecular formula is C16H16Cl2N4O2. The zero-order valence-corrected chi connectivity index (χ0v) is 14.3. The van der Waals surface area contributed by atoms with E-state index in [2.05, 4.69) is 15.3 Å². The summed E-state index contributed by atoms with van der Waals surface area (Å²) in [5, 5.41) is 4.19. The first kappa shape index (κ1) is 16.8. The summed E-state index contributed by atoms with van der Waals surface area (Å²) in [6, 6.07) is 5.08. The molecule has 3 N–H and O–H groups in total. The summed E-state index contributed by atoms with van der Waals surface area (Å²) in [5.41, 5.74) is 5.68. The first-order chi connectivity index (χ1) is 11.5. The van der Waals surface area contributed by atoms with Crippen LogP contribution in [0.25, 0.3) is 0 Å². The first-order valence-corrected chi connectivity index (χ1v) is 8.30. The van der Waals surface area contributed by atoms with Gasteiger partial charge in [0.2, 0.25) is 5.95 Å². The van der Waals surface area contributed by atoms with Crippen molar-refractivity contribution in [2.45, 2.75) is 31.7 Å². The summed E-state index contributed by atoms with van der Waals surface area (Å²) in [7, 11) is 0. The number of ether oxygens (including phenoxy) is 1. The van der Waals surface area contributed by atoms with Crippen LogP contribution in [0.3, 0.4) is 0 Å². The summed E-state index contributed by atoms with van der Waals surface area (Å²) in [4.78, 5) is 19.5. The maximum atomic E-state index is 11.4. The van der Waals surface area contributed by atoms with E-state index in [0.717, 1.165) is 12.8 Å². The van der Waals surface area contributed by atoms with Crippen LogP contribution in [0.4, 0.5) is 11.8 Å². The predicted octanol–water partition coefficient (Wildman–Crippen LogP) is 4.08. The largest absolute Gasteiger partial charge is 0.450 e. The molecule has 1 aliphatic rings. The predicted molar refractivity (Wildman–Crippen MR) is 93.9 cm³/mol. The summed E-state index contributed by atoms with van der Waals surface area (Å²) in [6.07, 6.45) is 4.13. The van der Waals surface area contributed by atoms with Crippen molar-refractivity contribution in [2.24, 2.45) is 0 Å². The molecule has 0 atom stereocenters. The number of aromatic nitrogens is 2. The quantitative estimate of drug-likeness (QED) is 0.846. The zero-order chi connectivity index (χ0) is 17.1. The maximum absolute atomic E-state index is 11.4. The average molecular weight is 367 g/mol. The Labute approximate surface area is 149 Å². The minimum absolute atomic E-state index is 0.138. The Bertz CT molecular complexity index is 760. The minimum Gasteiger partial charge on any atom is -0.450 e. The van der Waals surface area contributed by atoms with E-state index in [1.165, 1.54) is 6.20 Å². The van der Waals surface area contributed by atoms with Crippen LogP contribution in [0, 0.1) is 0 Å². The molecule has 0 radical (unpaired) electrons. The fourth-order valence-electron chi connectivity index (χ4n) is 2.52. The molecule has 3 rings (SSSR count). The van der Waals surface area contributed by atoms with Gasteiger partial charge < -0.3 is 15.8 Å². The van der Waals surface area contributed by atoms with Gasteiger partial charge >= 0.3 is 0 Å². The molecule has 8 heteroatoms. The number of halogens is 2. The van der Waals surface area contributed by atoms with Crippen LogP contribution in [0.2, 0.25) is 10.0 Å². The highest BCUT2D eigenvalue weighted by atomic mass is 35.5. The molecule has 0 bridgehead atoms. The lowest BCUT2D eigenvalue weighted by Crippen LogP contribution is -2.26. The average Bonchev–Trinajstić information content (AvgIpc) is 2.54. The van der Waals surface area contributed by atoms with Crippen LogP contribution in [-0.2, 0) is 4.79 Å². The number of carbonyl (C=O) groups is 1. The number of ketones is 1. The molecule has 0 saturated heterocycles. The number of anilines is 2. The van der Waals surface area contributed by atoms with Crippen LogP contribution >= 0.6 is 23.2 Å². The topological polar surface area (TPSA) is 90.1 Å². The van der Waals surface area contributed by atoms with Crippen LogP contribution in [0.1, 0.15) is 25.7 Å².